The monoisotopic (exact) mass is 374 g/mol. The molecule has 3 aromatic rings. The summed E-state index contributed by atoms with van der Waals surface area (Å²) in [4.78, 5) is 7.51. The number of nitrogens with one attached hydrogen (secondary N) is 2. The van der Waals surface area contributed by atoms with Crippen LogP contribution in [-0.4, -0.2) is 23.5 Å². The van der Waals surface area contributed by atoms with Crippen molar-refractivity contribution in [3.8, 4) is 11.5 Å². The van der Waals surface area contributed by atoms with E-state index in [0.29, 0.717) is 34.9 Å². The second-order valence-electron chi connectivity index (χ2n) is 6.06. The molecule has 0 aliphatic carbocycles. The van der Waals surface area contributed by atoms with Crippen molar-refractivity contribution >= 4 is 15.7 Å². The van der Waals surface area contributed by atoms with Crippen LogP contribution in [0.25, 0.3) is 11.5 Å². The molecule has 2 N–H and O–H groups in total. The summed E-state index contributed by atoms with van der Waals surface area (Å²) in [6, 6.07) is 7.35. The molecule has 0 unspecified atom stereocenters. The molecule has 0 fully saturated rings. The van der Waals surface area contributed by atoms with Gasteiger partial charge < -0.3 is 9.51 Å². The fourth-order valence-corrected chi connectivity index (χ4v) is 4.53. The van der Waals surface area contributed by atoms with E-state index in [-0.39, 0.29) is 10.8 Å². The number of sulfonamides is 1. The van der Waals surface area contributed by atoms with Crippen molar-refractivity contribution in [3.63, 3.8) is 0 Å². The van der Waals surface area contributed by atoms with Crippen LogP contribution in [0.4, 0.5) is 5.69 Å². The quantitative estimate of drug-likeness (QED) is 0.686. The van der Waals surface area contributed by atoms with Gasteiger partial charge in [0.1, 0.15) is 4.90 Å². The SMILES string of the molecule is CCc1noc(-c2c(C)[nH]c(C)c2S(=O)(=O)Nc2ccccc2CC)n1. The molecule has 0 spiro atoms. The molecule has 2 heterocycles. The lowest BCUT2D eigenvalue weighted by Gasteiger charge is -2.12. The predicted octanol–water partition coefficient (Wildman–Crippen LogP) is 3.61. The molecule has 3 rings (SSSR count). The number of aromatic nitrogens is 3. The standard InChI is InChI=1S/C18H22N4O3S/c1-5-13-9-7-8-10-14(13)22-26(23,24)17-12(4)19-11(3)16(17)18-20-15(6-2)21-25-18/h7-10,19,22H,5-6H2,1-4H3. The first-order valence-electron chi connectivity index (χ1n) is 8.50. The predicted molar refractivity (Wildman–Crippen MR) is 99.6 cm³/mol. The molecule has 0 bridgehead atoms. The van der Waals surface area contributed by atoms with E-state index in [4.69, 9.17) is 4.52 Å². The molecular formula is C18H22N4O3S. The van der Waals surface area contributed by atoms with Crippen molar-refractivity contribution in [1.29, 1.82) is 0 Å². The van der Waals surface area contributed by atoms with Crippen LogP contribution in [0.3, 0.4) is 0 Å². The molecule has 0 radical (unpaired) electrons. The molecule has 138 valence electrons. The molecule has 0 aliphatic rings. The molecule has 0 atom stereocenters. The molecule has 2 aromatic heterocycles. The first kappa shape index (κ1) is 18.2. The molecule has 26 heavy (non-hydrogen) atoms. The summed E-state index contributed by atoms with van der Waals surface area (Å²) in [5, 5.41) is 3.88. The third-order valence-corrected chi connectivity index (χ3v) is 5.76. The zero-order valence-corrected chi connectivity index (χ0v) is 16.1. The second-order valence-corrected chi connectivity index (χ2v) is 7.68. The molecule has 8 heteroatoms. The van der Waals surface area contributed by atoms with Gasteiger partial charge in [0.15, 0.2) is 5.82 Å². The highest BCUT2D eigenvalue weighted by Gasteiger charge is 2.29. The Balaban J connectivity index is 2.11. The maximum Gasteiger partial charge on any atom is 0.264 e. The Kier molecular flexibility index (Phi) is 4.86. The Morgan fingerprint density at radius 2 is 1.85 bits per heavy atom. The van der Waals surface area contributed by atoms with Gasteiger partial charge in [0, 0.05) is 17.8 Å². The number of rotatable bonds is 6. The smallest absolute Gasteiger partial charge is 0.264 e. The van der Waals surface area contributed by atoms with E-state index in [0.717, 1.165) is 12.0 Å². The second kappa shape index (κ2) is 6.95. The molecule has 0 amide bonds. The minimum atomic E-state index is -3.84. The summed E-state index contributed by atoms with van der Waals surface area (Å²) in [6.07, 6.45) is 1.33. The number of benzene rings is 1. The highest BCUT2D eigenvalue weighted by atomic mass is 32.2. The van der Waals surface area contributed by atoms with Crippen LogP contribution in [0.1, 0.15) is 36.6 Å². The van der Waals surface area contributed by atoms with Gasteiger partial charge in [-0.25, -0.2) is 8.42 Å². The van der Waals surface area contributed by atoms with E-state index in [2.05, 4.69) is 19.8 Å². The lowest BCUT2D eigenvalue weighted by molar-refractivity contribution is 0.422. The Labute approximate surface area is 152 Å². The van der Waals surface area contributed by atoms with Crippen molar-refractivity contribution in [2.24, 2.45) is 0 Å². The highest BCUT2D eigenvalue weighted by Crippen LogP contribution is 2.34. The van der Waals surface area contributed by atoms with Gasteiger partial charge in [-0.1, -0.05) is 37.2 Å². The Hall–Kier alpha value is -2.61. The van der Waals surface area contributed by atoms with Gasteiger partial charge in [0.2, 0.25) is 0 Å². The molecule has 0 saturated carbocycles. The minimum absolute atomic E-state index is 0.132. The van der Waals surface area contributed by atoms with Crippen molar-refractivity contribution < 1.29 is 12.9 Å². The van der Waals surface area contributed by atoms with Crippen molar-refractivity contribution in [2.75, 3.05) is 4.72 Å². The largest absolute Gasteiger partial charge is 0.361 e. The Bertz CT molecular complexity index is 1030. The molecule has 0 aliphatic heterocycles. The van der Waals surface area contributed by atoms with E-state index in [1.807, 2.05) is 26.0 Å². The lowest BCUT2D eigenvalue weighted by Crippen LogP contribution is -2.15. The number of H-pyrrole nitrogens is 1. The van der Waals surface area contributed by atoms with Crippen LogP contribution < -0.4 is 4.72 Å². The third kappa shape index (κ3) is 3.24. The number of aromatic amines is 1. The maximum atomic E-state index is 13.2. The summed E-state index contributed by atoms with van der Waals surface area (Å²) in [5.74, 6) is 0.735. The summed E-state index contributed by atoms with van der Waals surface area (Å²) >= 11 is 0. The number of hydrogen-bond acceptors (Lipinski definition) is 5. The van der Waals surface area contributed by atoms with Crippen LogP contribution in [0, 0.1) is 13.8 Å². The molecular weight excluding hydrogens is 352 g/mol. The maximum absolute atomic E-state index is 13.2. The third-order valence-electron chi connectivity index (χ3n) is 4.23. The summed E-state index contributed by atoms with van der Waals surface area (Å²) in [6.45, 7) is 7.39. The van der Waals surface area contributed by atoms with Crippen LogP contribution >= 0.6 is 0 Å². The van der Waals surface area contributed by atoms with Crippen LogP contribution in [-0.2, 0) is 22.9 Å². The van der Waals surface area contributed by atoms with Gasteiger partial charge in [-0.15, -0.1) is 0 Å². The number of anilines is 1. The molecule has 0 saturated heterocycles. The van der Waals surface area contributed by atoms with E-state index in [1.54, 1.807) is 26.0 Å². The first-order chi connectivity index (χ1) is 12.4. The zero-order chi connectivity index (χ0) is 18.9. The topological polar surface area (TPSA) is 101 Å². The van der Waals surface area contributed by atoms with Crippen molar-refractivity contribution in [1.82, 2.24) is 15.1 Å². The number of aryl methyl sites for hydroxylation is 4. The van der Waals surface area contributed by atoms with Gasteiger partial charge in [-0.3, -0.25) is 4.72 Å². The summed E-state index contributed by atoms with van der Waals surface area (Å²) in [7, 11) is -3.84. The van der Waals surface area contributed by atoms with E-state index in [1.165, 1.54) is 0 Å². The minimum Gasteiger partial charge on any atom is -0.361 e. The molecule has 7 nitrogen and oxygen atoms in total. The summed E-state index contributed by atoms with van der Waals surface area (Å²) in [5.41, 5.74) is 3.09. The lowest BCUT2D eigenvalue weighted by atomic mass is 10.1. The van der Waals surface area contributed by atoms with Gasteiger partial charge in [-0.05, 0) is 31.9 Å². The van der Waals surface area contributed by atoms with Gasteiger partial charge in [0.25, 0.3) is 15.9 Å². The fourth-order valence-electron chi connectivity index (χ4n) is 2.97. The van der Waals surface area contributed by atoms with Crippen molar-refractivity contribution in [2.45, 2.75) is 45.4 Å². The number of para-hydroxylation sites is 1. The highest BCUT2D eigenvalue weighted by molar-refractivity contribution is 7.93. The van der Waals surface area contributed by atoms with Crippen molar-refractivity contribution in [3.05, 3.63) is 47.0 Å². The normalized spacial score (nSPS) is 11.7. The van der Waals surface area contributed by atoms with Crippen LogP contribution in [0.5, 0.6) is 0 Å². The van der Waals surface area contributed by atoms with Crippen LogP contribution in [0.15, 0.2) is 33.7 Å². The zero-order valence-electron chi connectivity index (χ0n) is 15.3. The summed E-state index contributed by atoms with van der Waals surface area (Å²) < 4.78 is 34.3. The van der Waals surface area contributed by atoms with Gasteiger partial charge in [0.05, 0.1) is 11.3 Å². The fraction of sp³-hybridized carbons (Fsp3) is 0.333. The molecule has 1 aromatic carbocycles. The first-order valence-corrected chi connectivity index (χ1v) is 9.98. The van der Waals surface area contributed by atoms with E-state index >= 15 is 0 Å². The average Bonchev–Trinajstić information content (AvgIpc) is 3.18. The van der Waals surface area contributed by atoms with Gasteiger partial charge in [-0.2, -0.15) is 4.98 Å². The van der Waals surface area contributed by atoms with E-state index < -0.39 is 10.0 Å². The van der Waals surface area contributed by atoms with Crippen LogP contribution in [0.2, 0.25) is 0 Å². The average molecular weight is 374 g/mol. The van der Waals surface area contributed by atoms with Gasteiger partial charge >= 0.3 is 0 Å². The Morgan fingerprint density at radius 3 is 2.50 bits per heavy atom. The Morgan fingerprint density at radius 1 is 1.12 bits per heavy atom. The number of hydrogen-bond donors (Lipinski definition) is 2. The number of nitrogens with zero attached hydrogens (tertiary/aromatic N) is 2. The van der Waals surface area contributed by atoms with E-state index in [9.17, 15) is 8.42 Å².